The summed E-state index contributed by atoms with van der Waals surface area (Å²) in [6.07, 6.45) is 1.19. The molecule has 0 aromatic heterocycles. The SMILES string of the molecule is Cc1ccc(CN2CCc3c(cccc3C(C)C)C2)cc1. The third kappa shape index (κ3) is 3.19. The molecule has 21 heavy (non-hydrogen) atoms. The minimum absolute atomic E-state index is 0.628. The molecule has 0 radical (unpaired) electrons. The van der Waals surface area contributed by atoms with E-state index >= 15 is 0 Å². The summed E-state index contributed by atoms with van der Waals surface area (Å²) in [5.74, 6) is 0.628. The Hall–Kier alpha value is -1.60. The normalized spacial score (nSPS) is 15.2. The van der Waals surface area contributed by atoms with Crippen molar-refractivity contribution >= 4 is 0 Å². The van der Waals surface area contributed by atoms with Crippen molar-refractivity contribution in [3.63, 3.8) is 0 Å². The van der Waals surface area contributed by atoms with Crippen LogP contribution in [-0.4, -0.2) is 11.4 Å². The van der Waals surface area contributed by atoms with Crippen LogP contribution >= 0.6 is 0 Å². The van der Waals surface area contributed by atoms with Gasteiger partial charge in [-0.25, -0.2) is 0 Å². The van der Waals surface area contributed by atoms with E-state index in [9.17, 15) is 0 Å². The van der Waals surface area contributed by atoms with Crippen LogP contribution in [0.5, 0.6) is 0 Å². The summed E-state index contributed by atoms with van der Waals surface area (Å²) < 4.78 is 0. The van der Waals surface area contributed by atoms with Gasteiger partial charge in [0, 0.05) is 19.6 Å². The van der Waals surface area contributed by atoms with Crippen LogP contribution in [0.3, 0.4) is 0 Å². The van der Waals surface area contributed by atoms with E-state index in [1.165, 1.54) is 29.7 Å². The highest BCUT2D eigenvalue weighted by atomic mass is 15.1. The molecule has 0 amide bonds. The zero-order chi connectivity index (χ0) is 14.8. The molecule has 0 N–H and O–H groups in total. The molecule has 0 saturated carbocycles. The molecule has 1 nitrogen and oxygen atoms in total. The maximum Gasteiger partial charge on any atom is 0.0240 e. The maximum absolute atomic E-state index is 2.57. The second kappa shape index (κ2) is 6.03. The summed E-state index contributed by atoms with van der Waals surface area (Å²) in [7, 11) is 0. The predicted molar refractivity (Wildman–Crippen MR) is 89.5 cm³/mol. The van der Waals surface area contributed by atoms with Crippen LogP contribution in [0, 0.1) is 6.92 Å². The number of fused-ring (bicyclic) bond motifs is 1. The van der Waals surface area contributed by atoms with Crippen LogP contribution in [0.1, 0.15) is 47.6 Å². The van der Waals surface area contributed by atoms with Crippen LogP contribution in [-0.2, 0) is 19.5 Å². The van der Waals surface area contributed by atoms with Gasteiger partial charge < -0.3 is 0 Å². The molecule has 0 bridgehead atoms. The molecule has 1 heteroatoms. The van der Waals surface area contributed by atoms with Gasteiger partial charge in [0.1, 0.15) is 0 Å². The molecular formula is C20H25N. The van der Waals surface area contributed by atoms with E-state index in [2.05, 4.69) is 68.1 Å². The van der Waals surface area contributed by atoms with Crippen LogP contribution in [0.2, 0.25) is 0 Å². The average Bonchev–Trinajstić information content (AvgIpc) is 2.48. The highest BCUT2D eigenvalue weighted by Gasteiger charge is 2.19. The fourth-order valence-electron chi connectivity index (χ4n) is 3.32. The molecule has 1 aliphatic rings. The number of aryl methyl sites for hydroxylation is 1. The van der Waals surface area contributed by atoms with Crippen molar-refractivity contribution in [2.75, 3.05) is 6.54 Å². The predicted octanol–water partition coefficient (Wildman–Crippen LogP) is 4.68. The van der Waals surface area contributed by atoms with Gasteiger partial charge in [-0.2, -0.15) is 0 Å². The Morgan fingerprint density at radius 1 is 1.05 bits per heavy atom. The lowest BCUT2D eigenvalue weighted by Crippen LogP contribution is -2.30. The summed E-state index contributed by atoms with van der Waals surface area (Å²) in [6.45, 7) is 10.1. The maximum atomic E-state index is 2.57. The number of hydrogen-bond donors (Lipinski definition) is 0. The number of rotatable bonds is 3. The second-order valence-corrected chi connectivity index (χ2v) is 6.59. The molecule has 3 rings (SSSR count). The molecule has 2 aromatic carbocycles. The largest absolute Gasteiger partial charge is 0.294 e. The van der Waals surface area contributed by atoms with Gasteiger partial charge in [-0.3, -0.25) is 4.90 Å². The quantitative estimate of drug-likeness (QED) is 0.788. The van der Waals surface area contributed by atoms with E-state index < -0.39 is 0 Å². The summed E-state index contributed by atoms with van der Waals surface area (Å²) in [5, 5.41) is 0. The zero-order valence-electron chi connectivity index (χ0n) is 13.4. The monoisotopic (exact) mass is 279 g/mol. The molecule has 0 spiro atoms. The smallest absolute Gasteiger partial charge is 0.0240 e. The van der Waals surface area contributed by atoms with Crippen LogP contribution < -0.4 is 0 Å². The van der Waals surface area contributed by atoms with E-state index in [-0.39, 0.29) is 0 Å². The average molecular weight is 279 g/mol. The zero-order valence-corrected chi connectivity index (χ0v) is 13.4. The lowest BCUT2D eigenvalue weighted by molar-refractivity contribution is 0.245. The number of hydrogen-bond acceptors (Lipinski definition) is 1. The Morgan fingerprint density at radius 3 is 2.52 bits per heavy atom. The van der Waals surface area contributed by atoms with Crippen molar-refractivity contribution in [2.45, 2.75) is 46.2 Å². The van der Waals surface area contributed by atoms with Gasteiger partial charge in [0.25, 0.3) is 0 Å². The molecule has 0 atom stereocenters. The molecule has 0 fully saturated rings. The summed E-state index contributed by atoms with van der Waals surface area (Å²) in [6, 6.07) is 15.8. The molecule has 0 aliphatic carbocycles. The highest BCUT2D eigenvalue weighted by Crippen LogP contribution is 2.28. The Morgan fingerprint density at radius 2 is 1.81 bits per heavy atom. The third-order valence-electron chi connectivity index (χ3n) is 4.53. The highest BCUT2D eigenvalue weighted by molar-refractivity contribution is 5.38. The Kier molecular flexibility index (Phi) is 4.12. The van der Waals surface area contributed by atoms with Crippen molar-refractivity contribution in [3.8, 4) is 0 Å². The van der Waals surface area contributed by atoms with Gasteiger partial charge in [0.15, 0.2) is 0 Å². The van der Waals surface area contributed by atoms with Crippen molar-refractivity contribution in [3.05, 3.63) is 70.3 Å². The minimum Gasteiger partial charge on any atom is -0.294 e. The summed E-state index contributed by atoms with van der Waals surface area (Å²) in [4.78, 5) is 2.57. The fraction of sp³-hybridized carbons (Fsp3) is 0.400. The summed E-state index contributed by atoms with van der Waals surface area (Å²) >= 11 is 0. The van der Waals surface area contributed by atoms with Gasteiger partial charge in [-0.15, -0.1) is 0 Å². The van der Waals surface area contributed by atoms with Gasteiger partial charge >= 0.3 is 0 Å². The van der Waals surface area contributed by atoms with Crippen molar-refractivity contribution in [2.24, 2.45) is 0 Å². The first-order valence-electron chi connectivity index (χ1n) is 8.02. The van der Waals surface area contributed by atoms with E-state index in [1.807, 2.05) is 0 Å². The standard InChI is InChI=1S/C20H25N/c1-15(2)19-6-4-5-18-14-21(12-11-20(18)19)13-17-9-7-16(3)8-10-17/h4-10,15H,11-14H2,1-3H3. The lowest BCUT2D eigenvalue weighted by Gasteiger charge is -2.31. The number of nitrogens with zero attached hydrogens (tertiary/aromatic N) is 1. The lowest BCUT2D eigenvalue weighted by atomic mass is 9.89. The van der Waals surface area contributed by atoms with Crippen molar-refractivity contribution in [1.82, 2.24) is 4.90 Å². The van der Waals surface area contributed by atoms with E-state index in [0.717, 1.165) is 13.1 Å². The van der Waals surface area contributed by atoms with Crippen molar-refractivity contribution < 1.29 is 0 Å². The molecule has 110 valence electrons. The fourth-order valence-corrected chi connectivity index (χ4v) is 3.32. The first kappa shape index (κ1) is 14.3. The number of benzene rings is 2. The molecule has 2 aromatic rings. The van der Waals surface area contributed by atoms with Gasteiger partial charge in [-0.05, 0) is 41.5 Å². The summed E-state index contributed by atoms with van der Waals surface area (Å²) in [5.41, 5.74) is 7.43. The van der Waals surface area contributed by atoms with Gasteiger partial charge in [-0.1, -0.05) is 61.9 Å². The van der Waals surface area contributed by atoms with Gasteiger partial charge in [0.05, 0.1) is 0 Å². The topological polar surface area (TPSA) is 3.24 Å². The van der Waals surface area contributed by atoms with E-state index in [4.69, 9.17) is 0 Å². The first-order valence-corrected chi connectivity index (χ1v) is 8.02. The Balaban J connectivity index is 1.76. The van der Waals surface area contributed by atoms with E-state index in [1.54, 1.807) is 11.1 Å². The Labute approximate surface area is 128 Å². The van der Waals surface area contributed by atoms with Crippen molar-refractivity contribution in [1.29, 1.82) is 0 Å². The molecular weight excluding hydrogens is 254 g/mol. The van der Waals surface area contributed by atoms with Crippen LogP contribution in [0.15, 0.2) is 42.5 Å². The molecule has 1 aliphatic heterocycles. The minimum atomic E-state index is 0.628. The molecule has 0 unspecified atom stereocenters. The molecule has 1 heterocycles. The Bertz CT molecular complexity index is 610. The second-order valence-electron chi connectivity index (χ2n) is 6.59. The van der Waals surface area contributed by atoms with Crippen LogP contribution in [0.25, 0.3) is 0 Å². The van der Waals surface area contributed by atoms with Gasteiger partial charge in [0.2, 0.25) is 0 Å². The first-order chi connectivity index (χ1) is 10.1. The third-order valence-corrected chi connectivity index (χ3v) is 4.53. The van der Waals surface area contributed by atoms with Crippen LogP contribution in [0.4, 0.5) is 0 Å². The van der Waals surface area contributed by atoms with E-state index in [0.29, 0.717) is 5.92 Å². The molecule has 0 saturated heterocycles.